The highest BCUT2D eigenvalue weighted by Gasteiger charge is 2.28. The first-order chi connectivity index (χ1) is 16.0. The van der Waals surface area contributed by atoms with E-state index in [4.69, 9.17) is 9.72 Å². The summed E-state index contributed by atoms with van der Waals surface area (Å²) in [4.78, 5) is 32.9. The average Bonchev–Trinajstić information content (AvgIpc) is 2.81. The maximum absolute atomic E-state index is 13.7. The molecule has 2 aromatic carbocycles. The van der Waals surface area contributed by atoms with E-state index in [1.54, 1.807) is 21.6 Å². The van der Waals surface area contributed by atoms with E-state index in [0.717, 1.165) is 24.1 Å². The van der Waals surface area contributed by atoms with Crippen molar-refractivity contribution >= 4 is 34.3 Å². The molecule has 0 saturated carbocycles. The van der Waals surface area contributed by atoms with Gasteiger partial charge in [-0.2, -0.15) is 0 Å². The number of para-hydroxylation sites is 1. The third-order valence-corrected chi connectivity index (χ3v) is 6.83. The van der Waals surface area contributed by atoms with Crippen molar-refractivity contribution in [1.82, 2.24) is 9.55 Å². The quantitative estimate of drug-likeness (QED) is 0.278. The lowest BCUT2D eigenvalue weighted by Gasteiger charge is -2.35. The second kappa shape index (κ2) is 10.5. The number of amides is 1. The number of aromatic nitrogens is 2. The van der Waals surface area contributed by atoms with Crippen LogP contribution in [0.4, 0.5) is 10.1 Å². The van der Waals surface area contributed by atoms with Crippen LogP contribution in [0.15, 0.2) is 52.4 Å². The van der Waals surface area contributed by atoms with Gasteiger partial charge in [-0.15, -0.1) is 0 Å². The molecule has 0 bridgehead atoms. The van der Waals surface area contributed by atoms with E-state index in [-0.39, 0.29) is 29.1 Å². The van der Waals surface area contributed by atoms with Crippen LogP contribution in [0.1, 0.15) is 32.3 Å². The first-order valence-electron chi connectivity index (χ1n) is 11.3. The third-order valence-electron chi connectivity index (χ3n) is 5.87. The Bertz CT molecular complexity index is 1210. The summed E-state index contributed by atoms with van der Waals surface area (Å²) >= 11 is 1.27. The van der Waals surface area contributed by atoms with Gasteiger partial charge in [0.1, 0.15) is 5.82 Å². The van der Waals surface area contributed by atoms with Gasteiger partial charge >= 0.3 is 0 Å². The number of fused-ring (bicyclic) bond motifs is 2. The van der Waals surface area contributed by atoms with Crippen molar-refractivity contribution in [2.75, 3.05) is 23.9 Å². The van der Waals surface area contributed by atoms with Crippen LogP contribution in [0.25, 0.3) is 10.9 Å². The van der Waals surface area contributed by atoms with Crippen LogP contribution in [0.2, 0.25) is 0 Å². The number of hydrogen-bond donors (Lipinski definition) is 0. The molecule has 1 aliphatic rings. The van der Waals surface area contributed by atoms with E-state index >= 15 is 0 Å². The number of carbonyl (C=O) groups is 1. The van der Waals surface area contributed by atoms with Gasteiger partial charge in [0.25, 0.3) is 5.56 Å². The lowest BCUT2D eigenvalue weighted by molar-refractivity contribution is -0.116. The Morgan fingerprint density at radius 1 is 1.27 bits per heavy atom. The van der Waals surface area contributed by atoms with Crippen LogP contribution in [0.5, 0.6) is 0 Å². The number of anilines is 1. The van der Waals surface area contributed by atoms with E-state index in [9.17, 15) is 14.0 Å². The summed E-state index contributed by atoms with van der Waals surface area (Å²) in [5, 5.41) is 1.08. The number of aryl methyl sites for hydroxylation is 1. The lowest BCUT2D eigenvalue weighted by Crippen LogP contribution is -2.43. The van der Waals surface area contributed by atoms with E-state index in [2.05, 4.69) is 0 Å². The molecule has 0 saturated heterocycles. The second-order valence-electron chi connectivity index (χ2n) is 8.13. The molecule has 0 N–H and O–H groups in total. The molecule has 8 heteroatoms. The molecule has 0 spiro atoms. The van der Waals surface area contributed by atoms with Crippen LogP contribution in [-0.4, -0.2) is 40.5 Å². The maximum atomic E-state index is 13.7. The van der Waals surface area contributed by atoms with Crippen LogP contribution < -0.4 is 10.5 Å². The highest BCUT2D eigenvalue weighted by atomic mass is 32.2. The number of rotatable bonds is 8. The van der Waals surface area contributed by atoms with Gasteiger partial charge in [-0.25, -0.2) is 9.37 Å². The zero-order valence-corrected chi connectivity index (χ0v) is 19.7. The minimum Gasteiger partial charge on any atom is -0.382 e. The molecule has 1 atom stereocenters. The van der Waals surface area contributed by atoms with Crippen molar-refractivity contribution in [3.63, 3.8) is 0 Å². The van der Waals surface area contributed by atoms with Crippen LogP contribution in [0.3, 0.4) is 0 Å². The van der Waals surface area contributed by atoms with Crippen molar-refractivity contribution in [2.24, 2.45) is 0 Å². The van der Waals surface area contributed by atoms with Gasteiger partial charge < -0.3 is 9.64 Å². The predicted octanol–water partition coefficient (Wildman–Crippen LogP) is 4.42. The van der Waals surface area contributed by atoms with E-state index in [1.807, 2.05) is 32.0 Å². The minimum atomic E-state index is -0.290. The SMILES string of the molecule is CCOCCCn1c(SCC(=O)N2c3ccc(F)cc3CCC2C)nc2ccccc2c1=O. The standard InChI is InChI=1S/C25H28FN3O3S/c1-3-32-14-6-13-28-24(31)20-7-4-5-8-21(20)27-25(28)33-16-23(30)29-17(2)9-10-18-15-19(26)11-12-22(18)29/h4-5,7-8,11-12,15,17H,3,6,9-10,13-14,16H2,1-2H3. The van der Waals surface area contributed by atoms with Crippen molar-refractivity contribution in [3.8, 4) is 0 Å². The van der Waals surface area contributed by atoms with Gasteiger partial charge in [-0.3, -0.25) is 14.2 Å². The monoisotopic (exact) mass is 469 g/mol. The van der Waals surface area contributed by atoms with Crippen molar-refractivity contribution in [3.05, 3.63) is 64.2 Å². The Kier molecular flexibility index (Phi) is 7.45. The van der Waals surface area contributed by atoms with Gasteiger partial charge in [-0.1, -0.05) is 23.9 Å². The summed E-state index contributed by atoms with van der Waals surface area (Å²) in [7, 11) is 0. The van der Waals surface area contributed by atoms with Crippen molar-refractivity contribution < 1.29 is 13.9 Å². The third kappa shape index (κ3) is 5.12. The Morgan fingerprint density at radius 3 is 2.91 bits per heavy atom. The van der Waals surface area contributed by atoms with Gasteiger partial charge in [0, 0.05) is 31.5 Å². The Balaban J connectivity index is 1.58. The normalized spacial score (nSPS) is 15.6. The summed E-state index contributed by atoms with van der Waals surface area (Å²) in [5.41, 5.74) is 2.12. The first-order valence-corrected chi connectivity index (χ1v) is 12.3. The fourth-order valence-corrected chi connectivity index (χ4v) is 5.10. The summed E-state index contributed by atoms with van der Waals surface area (Å²) in [5.74, 6) is -0.234. The number of benzene rings is 2. The van der Waals surface area contributed by atoms with Gasteiger partial charge in [0.15, 0.2) is 5.16 Å². The molecule has 174 valence electrons. The molecule has 3 aromatic rings. The number of ether oxygens (including phenoxy) is 1. The Hall–Kier alpha value is -2.71. The van der Waals surface area contributed by atoms with Gasteiger partial charge in [0.2, 0.25) is 5.91 Å². The Morgan fingerprint density at radius 2 is 2.09 bits per heavy atom. The minimum absolute atomic E-state index is 0.0222. The second-order valence-corrected chi connectivity index (χ2v) is 9.07. The largest absolute Gasteiger partial charge is 0.382 e. The molecule has 33 heavy (non-hydrogen) atoms. The highest BCUT2D eigenvalue weighted by Crippen LogP contribution is 2.32. The summed E-state index contributed by atoms with van der Waals surface area (Å²) < 4.78 is 20.8. The number of hydrogen-bond acceptors (Lipinski definition) is 5. The molecule has 1 unspecified atom stereocenters. The zero-order valence-electron chi connectivity index (χ0n) is 18.9. The fourth-order valence-electron chi connectivity index (χ4n) is 4.22. The molecular formula is C25H28FN3O3S. The van der Waals surface area contributed by atoms with Gasteiger partial charge in [-0.05, 0) is 69.0 Å². The Labute approximate surface area is 196 Å². The topological polar surface area (TPSA) is 64.4 Å². The van der Waals surface area contributed by atoms with E-state index in [1.165, 1.54) is 23.9 Å². The molecule has 0 aliphatic carbocycles. The van der Waals surface area contributed by atoms with Crippen molar-refractivity contribution in [2.45, 2.75) is 50.9 Å². The molecule has 0 radical (unpaired) electrons. The smallest absolute Gasteiger partial charge is 0.262 e. The number of halogens is 1. The van der Waals surface area contributed by atoms with Crippen molar-refractivity contribution in [1.29, 1.82) is 0 Å². The number of nitrogens with zero attached hydrogens (tertiary/aromatic N) is 3. The van der Waals surface area contributed by atoms with Gasteiger partial charge in [0.05, 0.1) is 16.7 Å². The molecule has 2 heterocycles. The number of thioether (sulfide) groups is 1. The molecule has 1 amide bonds. The lowest BCUT2D eigenvalue weighted by atomic mass is 9.96. The summed E-state index contributed by atoms with van der Waals surface area (Å²) in [6.45, 7) is 5.59. The maximum Gasteiger partial charge on any atom is 0.262 e. The molecule has 4 rings (SSSR count). The average molecular weight is 470 g/mol. The summed E-state index contributed by atoms with van der Waals surface area (Å²) in [6, 6.07) is 11.9. The molecular weight excluding hydrogens is 441 g/mol. The van der Waals surface area contributed by atoms with E-state index in [0.29, 0.717) is 42.2 Å². The first kappa shape index (κ1) is 23.4. The fraction of sp³-hybridized carbons (Fsp3) is 0.400. The van der Waals surface area contributed by atoms with Crippen LogP contribution >= 0.6 is 11.8 Å². The van der Waals surface area contributed by atoms with E-state index < -0.39 is 0 Å². The van der Waals surface area contributed by atoms with Crippen LogP contribution in [-0.2, 0) is 22.5 Å². The molecule has 6 nitrogen and oxygen atoms in total. The van der Waals surface area contributed by atoms with Crippen LogP contribution in [0, 0.1) is 5.82 Å². The predicted molar refractivity (Wildman–Crippen MR) is 130 cm³/mol. The number of carbonyl (C=O) groups excluding carboxylic acids is 1. The molecule has 1 aliphatic heterocycles. The highest BCUT2D eigenvalue weighted by molar-refractivity contribution is 7.99. The summed E-state index contributed by atoms with van der Waals surface area (Å²) in [6.07, 6.45) is 2.21. The zero-order chi connectivity index (χ0) is 23.4. The molecule has 0 fully saturated rings. The molecule has 1 aromatic heterocycles.